The van der Waals surface area contributed by atoms with Crippen molar-refractivity contribution in [1.29, 1.82) is 0 Å². The summed E-state index contributed by atoms with van der Waals surface area (Å²) < 4.78 is 4.76. The Morgan fingerprint density at radius 2 is 2.25 bits per heavy atom. The number of benzene rings is 1. The number of carboxylic acid groups (broad SMARTS) is 1. The second-order valence-corrected chi connectivity index (χ2v) is 3.35. The fourth-order valence-electron chi connectivity index (χ4n) is 1.08. The molecule has 0 heterocycles. The summed E-state index contributed by atoms with van der Waals surface area (Å²) in [6, 6.07) is 4.11. The van der Waals surface area contributed by atoms with Crippen LogP contribution in [0.1, 0.15) is 5.56 Å². The molecule has 0 spiro atoms. The zero-order valence-electron chi connectivity index (χ0n) is 8.05. The van der Waals surface area contributed by atoms with Crippen LogP contribution in [0.3, 0.4) is 0 Å². The van der Waals surface area contributed by atoms with Crippen LogP contribution in [0.2, 0.25) is 5.02 Å². The molecule has 0 atom stereocenters. The van der Waals surface area contributed by atoms with Crippen molar-refractivity contribution in [3.63, 3.8) is 0 Å². The van der Waals surface area contributed by atoms with Gasteiger partial charge in [0.15, 0.2) is 0 Å². The Bertz CT molecular complexity index is 420. The molecule has 6 nitrogen and oxygen atoms in total. The molecule has 0 bridgehead atoms. The lowest BCUT2D eigenvalue weighted by atomic mass is 10.2. The van der Waals surface area contributed by atoms with Crippen molar-refractivity contribution in [2.75, 3.05) is 6.61 Å². The van der Waals surface area contributed by atoms with Gasteiger partial charge in [-0.3, -0.25) is 10.1 Å². The average molecular weight is 246 g/mol. The van der Waals surface area contributed by atoms with E-state index in [0.717, 1.165) is 0 Å². The number of carbonyl (C=O) groups is 1. The summed E-state index contributed by atoms with van der Waals surface area (Å²) in [4.78, 5) is 20.2. The number of nitrogens with zero attached hydrogens (tertiary/aromatic N) is 1. The van der Waals surface area contributed by atoms with Gasteiger partial charge >= 0.3 is 5.97 Å². The Morgan fingerprint density at radius 3 is 2.81 bits per heavy atom. The van der Waals surface area contributed by atoms with E-state index < -0.39 is 17.5 Å². The van der Waals surface area contributed by atoms with E-state index in [1.54, 1.807) is 0 Å². The van der Waals surface area contributed by atoms with Crippen LogP contribution in [0.25, 0.3) is 0 Å². The van der Waals surface area contributed by atoms with Gasteiger partial charge in [-0.1, -0.05) is 11.6 Å². The third-order valence-corrected chi connectivity index (χ3v) is 1.96. The van der Waals surface area contributed by atoms with Crippen molar-refractivity contribution in [2.45, 2.75) is 6.61 Å². The molecular formula is C9H8ClNO5. The summed E-state index contributed by atoms with van der Waals surface area (Å²) in [7, 11) is 0. The van der Waals surface area contributed by atoms with E-state index in [2.05, 4.69) is 0 Å². The van der Waals surface area contributed by atoms with E-state index in [1.807, 2.05) is 0 Å². The fraction of sp³-hybridized carbons (Fsp3) is 0.222. The van der Waals surface area contributed by atoms with Crippen LogP contribution in [-0.4, -0.2) is 22.6 Å². The third kappa shape index (κ3) is 3.48. The van der Waals surface area contributed by atoms with Gasteiger partial charge in [0.05, 0.1) is 17.1 Å². The number of aliphatic carboxylic acids is 1. The number of hydrogen-bond acceptors (Lipinski definition) is 4. The molecule has 86 valence electrons. The van der Waals surface area contributed by atoms with E-state index in [0.29, 0.717) is 0 Å². The maximum Gasteiger partial charge on any atom is 0.329 e. The van der Waals surface area contributed by atoms with Gasteiger partial charge < -0.3 is 9.84 Å². The molecule has 0 amide bonds. The average Bonchev–Trinajstić information content (AvgIpc) is 2.19. The predicted octanol–water partition coefficient (Wildman–Crippen LogP) is 1.85. The molecule has 0 aromatic heterocycles. The lowest BCUT2D eigenvalue weighted by Gasteiger charge is -2.03. The van der Waals surface area contributed by atoms with Crippen LogP contribution >= 0.6 is 11.6 Å². The van der Waals surface area contributed by atoms with Crippen molar-refractivity contribution in [3.8, 4) is 0 Å². The van der Waals surface area contributed by atoms with Crippen molar-refractivity contribution >= 4 is 23.3 Å². The fourth-order valence-corrected chi connectivity index (χ4v) is 1.24. The first-order valence-electron chi connectivity index (χ1n) is 4.23. The van der Waals surface area contributed by atoms with Crippen molar-refractivity contribution in [1.82, 2.24) is 0 Å². The third-order valence-electron chi connectivity index (χ3n) is 1.73. The number of ether oxygens (including phenoxy) is 1. The molecule has 0 aliphatic heterocycles. The first-order valence-corrected chi connectivity index (χ1v) is 4.61. The quantitative estimate of drug-likeness (QED) is 0.632. The van der Waals surface area contributed by atoms with E-state index in [4.69, 9.17) is 21.4 Å². The highest BCUT2D eigenvalue weighted by atomic mass is 35.5. The Hall–Kier alpha value is -1.66. The van der Waals surface area contributed by atoms with Crippen molar-refractivity contribution in [2.24, 2.45) is 0 Å². The number of carboxylic acids is 1. The number of hydrogen-bond donors (Lipinski definition) is 1. The second kappa shape index (κ2) is 5.43. The molecule has 0 saturated carbocycles. The van der Waals surface area contributed by atoms with Gasteiger partial charge in [-0.15, -0.1) is 0 Å². The van der Waals surface area contributed by atoms with E-state index in [1.165, 1.54) is 18.2 Å². The zero-order valence-corrected chi connectivity index (χ0v) is 8.81. The smallest absolute Gasteiger partial charge is 0.329 e. The lowest BCUT2D eigenvalue weighted by Crippen LogP contribution is -2.07. The molecular weight excluding hydrogens is 238 g/mol. The molecule has 1 aromatic carbocycles. The van der Waals surface area contributed by atoms with Crippen LogP contribution in [0.5, 0.6) is 0 Å². The van der Waals surface area contributed by atoms with Gasteiger partial charge in [0.1, 0.15) is 6.61 Å². The first kappa shape index (κ1) is 12.4. The second-order valence-electron chi connectivity index (χ2n) is 2.92. The molecule has 0 radical (unpaired) electrons. The summed E-state index contributed by atoms with van der Waals surface area (Å²) in [5.74, 6) is -1.13. The van der Waals surface area contributed by atoms with Crippen LogP contribution in [0.15, 0.2) is 18.2 Å². The summed E-state index contributed by atoms with van der Waals surface area (Å²) >= 11 is 5.61. The molecule has 16 heavy (non-hydrogen) atoms. The van der Waals surface area contributed by atoms with Crippen LogP contribution in [0.4, 0.5) is 5.69 Å². The highest BCUT2D eigenvalue weighted by Crippen LogP contribution is 2.23. The summed E-state index contributed by atoms with van der Waals surface area (Å²) in [6.07, 6.45) is 0. The molecule has 0 unspecified atom stereocenters. The molecule has 7 heteroatoms. The van der Waals surface area contributed by atoms with Gasteiger partial charge in [-0.2, -0.15) is 0 Å². The van der Waals surface area contributed by atoms with Gasteiger partial charge in [-0.25, -0.2) is 4.79 Å². The maximum atomic E-state index is 10.6. The number of nitro groups is 1. The predicted molar refractivity (Wildman–Crippen MR) is 55.4 cm³/mol. The molecule has 0 aliphatic carbocycles. The Kier molecular flexibility index (Phi) is 4.21. The Labute approximate surface area is 95.6 Å². The zero-order chi connectivity index (χ0) is 12.1. The molecule has 1 aromatic rings. The monoisotopic (exact) mass is 245 g/mol. The lowest BCUT2D eigenvalue weighted by molar-refractivity contribution is -0.385. The number of nitro benzene ring substituents is 1. The highest BCUT2D eigenvalue weighted by Gasteiger charge is 2.14. The van der Waals surface area contributed by atoms with Crippen molar-refractivity contribution < 1.29 is 19.6 Å². The standard InChI is InChI=1S/C9H8ClNO5/c10-7-2-1-6(4-16-5-9(12)13)8(3-7)11(14)15/h1-3H,4-5H2,(H,12,13). The van der Waals surface area contributed by atoms with Gasteiger partial charge in [0.2, 0.25) is 0 Å². The minimum atomic E-state index is -1.13. The van der Waals surface area contributed by atoms with E-state index in [-0.39, 0.29) is 22.9 Å². The first-order chi connectivity index (χ1) is 7.50. The van der Waals surface area contributed by atoms with Crippen LogP contribution in [0, 0.1) is 10.1 Å². The van der Waals surface area contributed by atoms with E-state index >= 15 is 0 Å². The Morgan fingerprint density at radius 1 is 1.56 bits per heavy atom. The number of halogens is 1. The summed E-state index contributed by atoms with van der Waals surface area (Å²) in [5.41, 5.74) is 0.105. The molecule has 0 saturated heterocycles. The summed E-state index contributed by atoms with van der Waals surface area (Å²) in [6.45, 7) is -0.639. The summed E-state index contributed by atoms with van der Waals surface area (Å²) in [5, 5.41) is 19.2. The molecule has 1 rings (SSSR count). The minimum Gasteiger partial charge on any atom is -0.480 e. The largest absolute Gasteiger partial charge is 0.480 e. The molecule has 0 aliphatic rings. The SMILES string of the molecule is O=C(O)COCc1ccc(Cl)cc1[N+](=O)[O-]. The topological polar surface area (TPSA) is 89.7 Å². The normalized spacial score (nSPS) is 10.1. The molecule has 1 N–H and O–H groups in total. The van der Waals surface area contributed by atoms with Crippen molar-refractivity contribution in [3.05, 3.63) is 38.9 Å². The van der Waals surface area contributed by atoms with Crippen LogP contribution < -0.4 is 0 Å². The van der Waals surface area contributed by atoms with Gasteiger partial charge in [0, 0.05) is 11.1 Å². The van der Waals surface area contributed by atoms with E-state index in [9.17, 15) is 14.9 Å². The van der Waals surface area contributed by atoms with Gasteiger partial charge in [-0.05, 0) is 12.1 Å². The minimum absolute atomic E-state index is 0.139. The maximum absolute atomic E-state index is 10.6. The molecule has 0 fully saturated rings. The van der Waals surface area contributed by atoms with Crippen LogP contribution in [-0.2, 0) is 16.1 Å². The number of rotatable bonds is 5. The highest BCUT2D eigenvalue weighted by molar-refractivity contribution is 6.30. The van der Waals surface area contributed by atoms with Gasteiger partial charge in [0.25, 0.3) is 5.69 Å². The Balaban J connectivity index is 2.78.